The lowest BCUT2D eigenvalue weighted by molar-refractivity contribution is 0.145. The van der Waals surface area contributed by atoms with E-state index >= 15 is 0 Å². The Kier molecular flexibility index (Phi) is 4.25. The SMILES string of the molecule is FC(F)c1nc(CBr)cc(Br)c1Br. The maximum absolute atomic E-state index is 12.4. The minimum atomic E-state index is -2.57. The molecule has 0 aliphatic heterocycles. The van der Waals surface area contributed by atoms with Gasteiger partial charge in [-0.3, -0.25) is 0 Å². The first-order valence-corrected chi connectivity index (χ1v) is 5.96. The molecule has 0 saturated heterocycles. The third kappa shape index (κ3) is 2.70. The summed E-state index contributed by atoms with van der Waals surface area (Å²) in [6.07, 6.45) is -2.57. The largest absolute Gasteiger partial charge is 0.281 e. The number of hydrogen-bond donors (Lipinski definition) is 0. The lowest BCUT2D eigenvalue weighted by Crippen LogP contribution is -1.96. The first-order chi connectivity index (χ1) is 6.06. The Labute approximate surface area is 99.3 Å². The number of hydrogen-bond acceptors (Lipinski definition) is 1. The molecule has 1 nitrogen and oxygen atoms in total. The smallest absolute Gasteiger partial charge is 0.250 e. The highest BCUT2D eigenvalue weighted by molar-refractivity contribution is 9.13. The van der Waals surface area contributed by atoms with E-state index in [0.717, 1.165) is 0 Å². The maximum Gasteiger partial charge on any atom is 0.281 e. The molecule has 0 saturated carbocycles. The van der Waals surface area contributed by atoms with Gasteiger partial charge in [0.1, 0.15) is 5.69 Å². The van der Waals surface area contributed by atoms with Crippen molar-refractivity contribution in [1.29, 1.82) is 0 Å². The lowest BCUT2D eigenvalue weighted by Gasteiger charge is -2.06. The number of pyridine rings is 1. The second-order valence-electron chi connectivity index (χ2n) is 2.23. The summed E-state index contributed by atoms with van der Waals surface area (Å²) in [4.78, 5) is 3.78. The normalized spacial score (nSPS) is 10.9. The molecule has 0 atom stereocenters. The second-order valence-corrected chi connectivity index (χ2v) is 4.44. The Balaban J connectivity index is 3.25. The summed E-state index contributed by atoms with van der Waals surface area (Å²) in [5.41, 5.74) is 0.342. The van der Waals surface area contributed by atoms with Crippen LogP contribution in [-0.4, -0.2) is 4.98 Å². The fourth-order valence-electron chi connectivity index (χ4n) is 0.781. The zero-order chi connectivity index (χ0) is 10.0. The van der Waals surface area contributed by atoms with Crippen molar-refractivity contribution in [3.05, 3.63) is 26.4 Å². The molecule has 0 radical (unpaired) electrons. The van der Waals surface area contributed by atoms with Gasteiger partial charge in [0.05, 0.1) is 10.2 Å². The highest BCUT2D eigenvalue weighted by Crippen LogP contribution is 2.32. The average molecular weight is 380 g/mol. The number of aromatic nitrogens is 1. The van der Waals surface area contributed by atoms with Gasteiger partial charge in [-0.25, -0.2) is 13.8 Å². The first-order valence-electron chi connectivity index (χ1n) is 3.25. The Morgan fingerprint density at radius 1 is 1.38 bits per heavy atom. The number of rotatable bonds is 2. The van der Waals surface area contributed by atoms with Crippen molar-refractivity contribution in [3.8, 4) is 0 Å². The van der Waals surface area contributed by atoms with Crippen molar-refractivity contribution in [1.82, 2.24) is 4.98 Å². The van der Waals surface area contributed by atoms with Crippen LogP contribution < -0.4 is 0 Å². The van der Waals surface area contributed by atoms with Crippen molar-refractivity contribution in [3.63, 3.8) is 0 Å². The van der Waals surface area contributed by atoms with Crippen LogP contribution >= 0.6 is 47.8 Å². The molecule has 6 heteroatoms. The molecule has 0 bridgehead atoms. The van der Waals surface area contributed by atoms with Gasteiger partial charge in [0.2, 0.25) is 0 Å². The van der Waals surface area contributed by atoms with E-state index in [2.05, 4.69) is 52.8 Å². The van der Waals surface area contributed by atoms with Crippen LogP contribution in [0.2, 0.25) is 0 Å². The molecule has 0 fully saturated rings. The van der Waals surface area contributed by atoms with E-state index in [9.17, 15) is 8.78 Å². The molecule has 1 heterocycles. The van der Waals surface area contributed by atoms with E-state index in [1.807, 2.05) is 0 Å². The van der Waals surface area contributed by atoms with E-state index in [1.165, 1.54) is 0 Å². The van der Waals surface area contributed by atoms with Crippen molar-refractivity contribution in [2.24, 2.45) is 0 Å². The molecule has 0 spiro atoms. The summed E-state index contributed by atoms with van der Waals surface area (Å²) in [5.74, 6) is 0. The monoisotopic (exact) mass is 377 g/mol. The molecule has 0 unspecified atom stereocenters. The molecule has 0 aliphatic rings. The van der Waals surface area contributed by atoms with Gasteiger partial charge < -0.3 is 0 Å². The predicted octanol–water partition coefficient (Wildman–Crippen LogP) is 4.44. The second kappa shape index (κ2) is 4.79. The fraction of sp³-hybridized carbons (Fsp3) is 0.286. The van der Waals surface area contributed by atoms with Gasteiger partial charge in [-0.1, -0.05) is 15.9 Å². The topological polar surface area (TPSA) is 12.9 Å². The predicted molar refractivity (Wildman–Crippen MR) is 57.2 cm³/mol. The summed E-state index contributed by atoms with van der Waals surface area (Å²) >= 11 is 9.36. The standard InChI is InChI=1S/C7H4Br3F2N/c8-2-3-1-4(9)5(10)6(13-3)7(11)12/h1,7H,2H2. The van der Waals surface area contributed by atoms with Crippen LogP contribution in [0.1, 0.15) is 17.8 Å². The summed E-state index contributed by atoms with van der Waals surface area (Å²) in [7, 11) is 0. The molecule has 0 aliphatic carbocycles. The molecular weight excluding hydrogens is 376 g/mol. The summed E-state index contributed by atoms with van der Waals surface area (Å²) in [6, 6.07) is 1.69. The highest BCUT2D eigenvalue weighted by atomic mass is 79.9. The Hall–Kier alpha value is 0.450. The lowest BCUT2D eigenvalue weighted by atomic mass is 10.3. The third-order valence-corrected chi connectivity index (χ3v) is 3.90. The van der Waals surface area contributed by atoms with Crippen LogP contribution in [0.5, 0.6) is 0 Å². The van der Waals surface area contributed by atoms with Crippen LogP contribution in [0.3, 0.4) is 0 Å². The molecule has 72 valence electrons. The molecule has 13 heavy (non-hydrogen) atoms. The summed E-state index contributed by atoms with van der Waals surface area (Å²) < 4.78 is 25.7. The first kappa shape index (κ1) is 11.5. The van der Waals surface area contributed by atoms with Crippen LogP contribution in [0.15, 0.2) is 15.0 Å². The molecule has 1 aromatic heterocycles. The maximum atomic E-state index is 12.4. The Morgan fingerprint density at radius 3 is 2.46 bits per heavy atom. The zero-order valence-corrected chi connectivity index (χ0v) is 11.0. The Morgan fingerprint density at radius 2 is 2.00 bits per heavy atom. The van der Waals surface area contributed by atoms with Gasteiger partial charge >= 0.3 is 0 Å². The van der Waals surface area contributed by atoms with Gasteiger partial charge in [0.15, 0.2) is 0 Å². The van der Waals surface area contributed by atoms with Crippen molar-refractivity contribution >= 4 is 47.8 Å². The summed E-state index contributed by atoms with van der Waals surface area (Å²) in [5, 5.41) is 0.457. The van der Waals surface area contributed by atoms with Gasteiger partial charge in [0, 0.05) is 9.80 Å². The van der Waals surface area contributed by atoms with E-state index in [4.69, 9.17) is 0 Å². The van der Waals surface area contributed by atoms with Crippen LogP contribution in [0.25, 0.3) is 0 Å². The highest BCUT2D eigenvalue weighted by Gasteiger charge is 2.16. The van der Waals surface area contributed by atoms with Gasteiger partial charge in [-0.15, -0.1) is 0 Å². The van der Waals surface area contributed by atoms with E-state index in [0.29, 0.717) is 20.0 Å². The zero-order valence-electron chi connectivity index (χ0n) is 6.20. The number of alkyl halides is 3. The molecule has 1 aromatic rings. The van der Waals surface area contributed by atoms with Gasteiger partial charge in [-0.05, 0) is 37.9 Å². The van der Waals surface area contributed by atoms with E-state index < -0.39 is 6.43 Å². The molecule has 0 aromatic carbocycles. The van der Waals surface area contributed by atoms with Crippen molar-refractivity contribution in [2.75, 3.05) is 0 Å². The van der Waals surface area contributed by atoms with Crippen LogP contribution in [0, 0.1) is 0 Å². The minimum Gasteiger partial charge on any atom is -0.250 e. The average Bonchev–Trinajstić information content (AvgIpc) is 2.09. The molecule has 1 rings (SSSR count). The molecule has 0 amide bonds. The van der Waals surface area contributed by atoms with Crippen LogP contribution in [-0.2, 0) is 5.33 Å². The number of nitrogens with zero attached hydrogens (tertiary/aromatic N) is 1. The van der Waals surface area contributed by atoms with E-state index in [1.54, 1.807) is 6.07 Å². The van der Waals surface area contributed by atoms with Gasteiger partial charge in [0.25, 0.3) is 6.43 Å². The van der Waals surface area contributed by atoms with Crippen molar-refractivity contribution in [2.45, 2.75) is 11.8 Å². The fourth-order valence-corrected chi connectivity index (χ4v) is 1.91. The third-order valence-electron chi connectivity index (χ3n) is 1.34. The van der Waals surface area contributed by atoms with E-state index in [-0.39, 0.29) is 5.69 Å². The number of halogens is 5. The summed E-state index contributed by atoms with van der Waals surface area (Å²) in [6.45, 7) is 0. The van der Waals surface area contributed by atoms with Crippen LogP contribution in [0.4, 0.5) is 8.78 Å². The van der Waals surface area contributed by atoms with Gasteiger partial charge in [-0.2, -0.15) is 0 Å². The molecular formula is C7H4Br3F2N. The Bertz CT molecular complexity index is 317. The van der Waals surface area contributed by atoms with Crippen molar-refractivity contribution < 1.29 is 8.78 Å². The minimum absolute atomic E-state index is 0.233. The molecule has 0 N–H and O–H groups in total. The quantitative estimate of drug-likeness (QED) is 0.692.